The highest BCUT2D eigenvalue weighted by atomic mass is 16.3. The van der Waals surface area contributed by atoms with Crippen molar-refractivity contribution in [2.24, 2.45) is 0 Å². The lowest BCUT2D eigenvalue weighted by Crippen LogP contribution is -2.53. The number of amides is 4. The van der Waals surface area contributed by atoms with Gasteiger partial charge in [-0.05, 0) is 44.0 Å². The van der Waals surface area contributed by atoms with Crippen molar-refractivity contribution in [3.63, 3.8) is 0 Å². The summed E-state index contributed by atoms with van der Waals surface area (Å²) in [5, 5.41) is 12.7. The summed E-state index contributed by atoms with van der Waals surface area (Å²) in [5.74, 6) is -1.64. The Morgan fingerprint density at radius 2 is 1.52 bits per heavy atom. The Morgan fingerprint density at radius 3 is 2.10 bits per heavy atom. The second-order valence-corrected chi connectivity index (χ2v) is 7.79. The largest absolute Gasteiger partial charge is 0.507 e. The van der Waals surface area contributed by atoms with E-state index >= 15 is 0 Å². The van der Waals surface area contributed by atoms with Crippen LogP contribution in [0.15, 0.2) is 48.5 Å². The molecule has 2 aromatic rings. The van der Waals surface area contributed by atoms with Crippen molar-refractivity contribution < 1.29 is 24.3 Å². The minimum atomic E-state index is -0.903. The van der Waals surface area contributed by atoms with Crippen LogP contribution in [0.3, 0.4) is 0 Å². The average Bonchev–Trinajstić information content (AvgIpc) is 3.04. The predicted octanol–water partition coefficient (Wildman–Crippen LogP) is 1.80. The van der Waals surface area contributed by atoms with Crippen molar-refractivity contribution in [3.8, 4) is 5.75 Å². The molecule has 8 heteroatoms. The number of nitrogens with zero attached hydrogens (tertiary/aromatic N) is 2. The zero-order valence-corrected chi connectivity index (χ0v) is 17.1. The SMILES string of the molecule is CC(C(=O)N1CCC(NC(=O)c2ccccc2O)CC1)N1C(=O)c2ccccc2C1=O. The molecule has 1 atom stereocenters. The Bertz CT molecular complexity index is 1020. The van der Waals surface area contributed by atoms with E-state index in [1.807, 2.05) is 0 Å². The van der Waals surface area contributed by atoms with Crippen LogP contribution in [0.4, 0.5) is 0 Å². The Hall–Kier alpha value is -3.68. The lowest BCUT2D eigenvalue weighted by molar-refractivity contribution is -0.136. The van der Waals surface area contributed by atoms with E-state index < -0.39 is 17.9 Å². The van der Waals surface area contributed by atoms with Gasteiger partial charge in [0.25, 0.3) is 17.7 Å². The van der Waals surface area contributed by atoms with Gasteiger partial charge in [0.1, 0.15) is 11.8 Å². The molecule has 2 aliphatic rings. The van der Waals surface area contributed by atoms with Gasteiger partial charge in [0.05, 0.1) is 16.7 Å². The van der Waals surface area contributed by atoms with Crippen LogP contribution in [-0.4, -0.2) is 63.7 Å². The second-order valence-electron chi connectivity index (χ2n) is 7.79. The van der Waals surface area contributed by atoms with Crippen molar-refractivity contribution in [2.75, 3.05) is 13.1 Å². The first-order valence-corrected chi connectivity index (χ1v) is 10.2. The highest BCUT2D eigenvalue weighted by molar-refractivity contribution is 6.22. The van der Waals surface area contributed by atoms with Crippen molar-refractivity contribution in [1.29, 1.82) is 0 Å². The summed E-state index contributed by atoms with van der Waals surface area (Å²) >= 11 is 0. The van der Waals surface area contributed by atoms with Crippen molar-refractivity contribution in [1.82, 2.24) is 15.1 Å². The number of likely N-dealkylation sites (tertiary alicyclic amines) is 1. The van der Waals surface area contributed by atoms with Crippen LogP contribution >= 0.6 is 0 Å². The molecule has 1 fully saturated rings. The summed E-state index contributed by atoms with van der Waals surface area (Å²) < 4.78 is 0. The quantitative estimate of drug-likeness (QED) is 0.732. The smallest absolute Gasteiger partial charge is 0.262 e. The number of hydrogen-bond acceptors (Lipinski definition) is 5. The summed E-state index contributed by atoms with van der Waals surface area (Å²) in [7, 11) is 0. The number of phenolic OH excluding ortho intramolecular Hbond substituents is 1. The molecular formula is C23H23N3O5. The third kappa shape index (κ3) is 3.76. The van der Waals surface area contributed by atoms with Crippen LogP contribution in [-0.2, 0) is 4.79 Å². The van der Waals surface area contributed by atoms with Crippen LogP contribution in [0.25, 0.3) is 0 Å². The normalized spacial score (nSPS) is 17.5. The molecule has 2 aromatic carbocycles. The van der Waals surface area contributed by atoms with E-state index in [2.05, 4.69) is 5.32 Å². The lowest BCUT2D eigenvalue weighted by Gasteiger charge is -2.35. The number of nitrogens with one attached hydrogen (secondary N) is 1. The molecule has 1 saturated heterocycles. The van der Waals surface area contributed by atoms with Gasteiger partial charge in [-0.3, -0.25) is 24.1 Å². The average molecular weight is 421 g/mol. The number of carbonyl (C=O) groups excluding carboxylic acids is 4. The number of benzene rings is 2. The maximum atomic E-state index is 13.0. The molecule has 0 spiro atoms. The zero-order valence-electron chi connectivity index (χ0n) is 17.1. The van der Waals surface area contributed by atoms with Crippen molar-refractivity contribution >= 4 is 23.6 Å². The monoisotopic (exact) mass is 421 g/mol. The molecule has 2 heterocycles. The Kier molecular flexibility index (Phi) is 5.46. The van der Waals surface area contributed by atoms with Crippen LogP contribution in [0.1, 0.15) is 50.8 Å². The van der Waals surface area contributed by atoms with Gasteiger partial charge in [0.2, 0.25) is 5.91 Å². The van der Waals surface area contributed by atoms with Crippen LogP contribution in [0, 0.1) is 0 Å². The van der Waals surface area contributed by atoms with Crippen LogP contribution in [0.2, 0.25) is 0 Å². The number of carbonyl (C=O) groups is 4. The zero-order chi connectivity index (χ0) is 22.1. The predicted molar refractivity (Wildman–Crippen MR) is 112 cm³/mol. The topological polar surface area (TPSA) is 107 Å². The standard InChI is InChI=1S/C23H23N3O5/c1-14(26-22(30)16-6-2-3-7-17(16)23(26)31)21(29)25-12-10-15(11-13-25)24-20(28)18-8-4-5-9-19(18)27/h2-9,14-15,27H,10-13H2,1H3,(H,24,28). The molecule has 2 N–H and O–H groups in total. The number of aromatic hydroxyl groups is 1. The van der Waals surface area contributed by atoms with Gasteiger partial charge in [-0.15, -0.1) is 0 Å². The minimum Gasteiger partial charge on any atom is -0.507 e. The molecular weight excluding hydrogens is 398 g/mol. The van der Waals surface area contributed by atoms with Crippen LogP contribution in [0.5, 0.6) is 5.75 Å². The number of piperidine rings is 1. The fourth-order valence-corrected chi connectivity index (χ4v) is 4.11. The molecule has 0 saturated carbocycles. The van der Waals surface area contributed by atoms with Gasteiger partial charge in [-0.25, -0.2) is 0 Å². The summed E-state index contributed by atoms with van der Waals surface area (Å²) in [4.78, 5) is 53.3. The third-order valence-electron chi connectivity index (χ3n) is 5.86. The van der Waals surface area contributed by atoms with E-state index in [-0.39, 0.29) is 29.2 Å². The molecule has 0 aromatic heterocycles. The number of phenols is 1. The summed E-state index contributed by atoms with van der Waals surface area (Å²) in [5.41, 5.74) is 0.843. The van der Waals surface area contributed by atoms with Crippen LogP contribution < -0.4 is 5.32 Å². The van der Waals surface area contributed by atoms with E-state index in [0.29, 0.717) is 37.1 Å². The third-order valence-corrected chi connectivity index (χ3v) is 5.86. The maximum absolute atomic E-state index is 13.0. The highest BCUT2D eigenvalue weighted by Gasteiger charge is 2.42. The Labute approximate surface area is 179 Å². The molecule has 0 bridgehead atoms. The number of imide groups is 1. The molecule has 160 valence electrons. The highest BCUT2D eigenvalue weighted by Crippen LogP contribution is 2.26. The van der Waals surface area contributed by atoms with Gasteiger partial charge in [0.15, 0.2) is 0 Å². The summed E-state index contributed by atoms with van der Waals surface area (Å²) in [6, 6.07) is 11.8. The number of rotatable bonds is 4. The second kappa shape index (κ2) is 8.22. The van der Waals surface area contributed by atoms with Gasteiger partial charge in [-0.2, -0.15) is 0 Å². The van der Waals surface area contributed by atoms with Gasteiger partial charge in [0, 0.05) is 19.1 Å². The van der Waals surface area contributed by atoms with Gasteiger partial charge >= 0.3 is 0 Å². The number of fused-ring (bicyclic) bond motifs is 1. The molecule has 0 aliphatic carbocycles. The van der Waals surface area contributed by atoms with Gasteiger partial charge in [-0.1, -0.05) is 24.3 Å². The molecule has 0 radical (unpaired) electrons. The maximum Gasteiger partial charge on any atom is 0.262 e. The fourth-order valence-electron chi connectivity index (χ4n) is 4.11. The number of hydrogen-bond donors (Lipinski definition) is 2. The van der Waals surface area contributed by atoms with E-state index in [0.717, 1.165) is 4.90 Å². The van der Waals surface area contributed by atoms with Gasteiger partial charge < -0.3 is 15.3 Å². The van der Waals surface area contributed by atoms with E-state index in [9.17, 15) is 24.3 Å². The number of para-hydroxylation sites is 1. The minimum absolute atomic E-state index is 0.0811. The fraction of sp³-hybridized carbons (Fsp3) is 0.304. The first kappa shape index (κ1) is 20.6. The first-order chi connectivity index (χ1) is 14.9. The van der Waals surface area contributed by atoms with E-state index in [1.54, 1.807) is 54.3 Å². The summed E-state index contributed by atoms with van der Waals surface area (Å²) in [6.45, 7) is 2.37. The Morgan fingerprint density at radius 1 is 0.968 bits per heavy atom. The molecule has 8 nitrogen and oxygen atoms in total. The van der Waals surface area contributed by atoms with E-state index in [1.165, 1.54) is 6.07 Å². The lowest BCUT2D eigenvalue weighted by atomic mass is 10.0. The molecule has 1 unspecified atom stereocenters. The van der Waals surface area contributed by atoms with Crippen molar-refractivity contribution in [2.45, 2.75) is 31.8 Å². The molecule has 4 amide bonds. The summed E-state index contributed by atoms with van der Waals surface area (Å²) in [6.07, 6.45) is 1.08. The Balaban J connectivity index is 1.35. The first-order valence-electron chi connectivity index (χ1n) is 10.2. The molecule has 4 rings (SSSR count). The van der Waals surface area contributed by atoms with E-state index in [4.69, 9.17) is 0 Å². The van der Waals surface area contributed by atoms with Crippen molar-refractivity contribution in [3.05, 3.63) is 65.2 Å². The molecule has 2 aliphatic heterocycles. The molecule has 31 heavy (non-hydrogen) atoms.